The Bertz CT molecular complexity index is 559. The highest BCUT2D eigenvalue weighted by molar-refractivity contribution is 5.35. The lowest BCUT2D eigenvalue weighted by Crippen LogP contribution is -2.29. The number of hydrogen-bond acceptors (Lipinski definition) is 1. The van der Waals surface area contributed by atoms with Gasteiger partial charge in [0.15, 0.2) is 0 Å². The minimum Gasteiger partial charge on any atom is -0.316 e. The van der Waals surface area contributed by atoms with Crippen LogP contribution in [-0.2, 0) is 25.7 Å². The molecule has 3 rings (SSSR count). The molecule has 0 radical (unpaired) electrons. The van der Waals surface area contributed by atoms with Gasteiger partial charge in [0.2, 0.25) is 0 Å². The Hall–Kier alpha value is -1.60. The van der Waals surface area contributed by atoms with Gasteiger partial charge in [-0.05, 0) is 61.4 Å². The van der Waals surface area contributed by atoms with Gasteiger partial charge in [0.25, 0.3) is 0 Å². The fourth-order valence-electron chi connectivity index (χ4n) is 3.21. The highest BCUT2D eigenvalue weighted by Gasteiger charge is 2.13. The van der Waals surface area contributed by atoms with Crippen molar-refractivity contribution in [1.82, 2.24) is 5.32 Å². The van der Waals surface area contributed by atoms with Crippen molar-refractivity contribution in [3.05, 3.63) is 70.8 Å². The fraction of sp³-hybridized carbons (Fsp3) is 0.368. The van der Waals surface area contributed by atoms with E-state index in [1.54, 1.807) is 11.1 Å². The van der Waals surface area contributed by atoms with Crippen LogP contribution in [0, 0.1) is 0 Å². The monoisotopic (exact) mass is 265 g/mol. The van der Waals surface area contributed by atoms with Gasteiger partial charge in [-0.1, -0.05) is 48.5 Å². The lowest BCUT2D eigenvalue weighted by Gasteiger charge is -2.17. The molecule has 2 aromatic rings. The predicted molar refractivity (Wildman–Crippen MR) is 85.2 cm³/mol. The lowest BCUT2D eigenvalue weighted by molar-refractivity contribution is 0.556. The molecule has 1 aliphatic rings. The van der Waals surface area contributed by atoms with Crippen LogP contribution in [0.5, 0.6) is 0 Å². The highest BCUT2D eigenvalue weighted by atomic mass is 14.9. The average Bonchev–Trinajstić information content (AvgIpc) is 2.95. The molecule has 1 aliphatic carbocycles. The van der Waals surface area contributed by atoms with E-state index in [1.165, 1.54) is 30.4 Å². The minimum atomic E-state index is 0.511. The van der Waals surface area contributed by atoms with E-state index in [9.17, 15) is 0 Å². The van der Waals surface area contributed by atoms with E-state index in [-0.39, 0.29) is 0 Å². The third kappa shape index (κ3) is 3.10. The number of likely N-dealkylation sites (N-methyl/N-ethyl adjacent to an activating group) is 1. The molecule has 0 saturated heterocycles. The number of fused-ring (bicyclic) bond motifs is 1. The second-order valence-corrected chi connectivity index (χ2v) is 5.84. The van der Waals surface area contributed by atoms with Crippen LogP contribution >= 0.6 is 0 Å². The topological polar surface area (TPSA) is 12.0 Å². The summed E-state index contributed by atoms with van der Waals surface area (Å²) in [4.78, 5) is 0. The number of rotatable bonds is 5. The molecule has 0 saturated carbocycles. The van der Waals surface area contributed by atoms with Crippen LogP contribution in [0.2, 0.25) is 0 Å². The van der Waals surface area contributed by atoms with Crippen molar-refractivity contribution in [2.75, 3.05) is 7.05 Å². The highest BCUT2D eigenvalue weighted by Crippen LogP contribution is 2.23. The first-order chi connectivity index (χ1) is 9.85. The van der Waals surface area contributed by atoms with E-state index in [1.807, 2.05) is 0 Å². The molecule has 0 spiro atoms. The molecule has 2 aromatic carbocycles. The molecule has 0 amide bonds. The summed E-state index contributed by atoms with van der Waals surface area (Å²) < 4.78 is 0. The second-order valence-electron chi connectivity index (χ2n) is 5.84. The first kappa shape index (κ1) is 13.4. The Balaban J connectivity index is 1.68. The maximum Gasteiger partial charge on any atom is 0.0145 e. The summed E-state index contributed by atoms with van der Waals surface area (Å²) in [5.74, 6) is 0. The fourth-order valence-corrected chi connectivity index (χ4v) is 3.21. The summed E-state index contributed by atoms with van der Waals surface area (Å²) >= 11 is 0. The Morgan fingerprint density at radius 2 is 1.65 bits per heavy atom. The first-order valence-corrected chi connectivity index (χ1v) is 7.67. The van der Waals surface area contributed by atoms with Gasteiger partial charge in [-0.15, -0.1) is 0 Å². The summed E-state index contributed by atoms with van der Waals surface area (Å²) in [5, 5.41) is 3.47. The molecule has 0 heterocycles. The molecule has 1 nitrogen and oxygen atoms in total. The average molecular weight is 265 g/mol. The van der Waals surface area contributed by atoms with Crippen LogP contribution < -0.4 is 5.32 Å². The number of hydrogen-bond donors (Lipinski definition) is 1. The Kier molecular flexibility index (Phi) is 4.17. The Labute approximate surface area is 122 Å². The summed E-state index contributed by atoms with van der Waals surface area (Å²) in [5.41, 5.74) is 6.03. The van der Waals surface area contributed by atoms with Crippen LogP contribution in [0.3, 0.4) is 0 Å². The smallest absolute Gasteiger partial charge is 0.0145 e. The van der Waals surface area contributed by atoms with Crippen LogP contribution in [-0.4, -0.2) is 13.1 Å². The van der Waals surface area contributed by atoms with Crippen molar-refractivity contribution >= 4 is 0 Å². The van der Waals surface area contributed by atoms with Crippen LogP contribution in [0.1, 0.15) is 28.7 Å². The van der Waals surface area contributed by atoms with Gasteiger partial charge in [0.1, 0.15) is 0 Å². The molecule has 1 heteroatoms. The van der Waals surface area contributed by atoms with Crippen LogP contribution in [0.15, 0.2) is 48.5 Å². The molecule has 0 aromatic heterocycles. The standard InChI is InChI=1S/C19H23N/c1-20-19(13-15-6-3-2-4-7-15)14-16-10-11-17-8-5-9-18(17)12-16/h2-4,6-7,10-12,19-20H,5,8-9,13-14H2,1H3. The van der Waals surface area contributed by atoms with E-state index in [0.29, 0.717) is 6.04 Å². The molecule has 0 bridgehead atoms. The van der Waals surface area contributed by atoms with Crippen molar-refractivity contribution in [1.29, 1.82) is 0 Å². The van der Waals surface area contributed by atoms with Gasteiger partial charge in [0.05, 0.1) is 0 Å². The minimum absolute atomic E-state index is 0.511. The van der Waals surface area contributed by atoms with Gasteiger partial charge in [-0.3, -0.25) is 0 Å². The van der Waals surface area contributed by atoms with Crippen molar-refractivity contribution in [2.24, 2.45) is 0 Å². The van der Waals surface area contributed by atoms with E-state index in [2.05, 4.69) is 60.9 Å². The molecule has 0 fully saturated rings. The molecule has 20 heavy (non-hydrogen) atoms. The molecular weight excluding hydrogens is 242 g/mol. The number of benzene rings is 2. The van der Waals surface area contributed by atoms with Gasteiger partial charge in [-0.2, -0.15) is 0 Å². The third-order valence-corrected chi connectivity index (χ3v) is 4.38. The number of nitrogens with one attached hydrogen (secondary N) is 1. The summed E-state index contributed by atoms with van der Waals surface area (Å²) in [6, 6.07) is 18.4. The van der Waals surface area contributed by atoms with E-state index in [4.69, 9.17) is 0 Å². The van der Waals surface area contributed by atoms with Crippen LogP contribution in [0.4, 0.5) is 0 Å². The van der Waals surface area contributed by atoms with Gasteiger partial charge in [0, 0.05) is 6.04 Å². The Morgan fingerprint density at radius 1 is 0.900 bits per heavy atom. The first-order valence-electron chi connectivity index (χ1n) is 7.67. The molecular formula is C19H23N. The van der Waals surface area contributed by atoms with Crippen molar-refractivity contribution < 1.29 is 0 Å². The van der Waals surface area contributed by atoms with E-state index >= 15 is 0 Å². The van der Waals surface area contributed by atoms with Gasteiger partial charge >= 0.3 is 0 Å². The molecule has 1 unspecified atom stereocenters. The SMILES string of the molecule is CNC(Cc1ccccc1)Cc1ccc2c(c1)CCC2. The zero-order chi connectivity index (χ0) is 13.8. The number of aryl methyl sites for hydroxylation is 2. The zero-order valence-electron chi connectivity index (χ0n) is 12.2. The second kappa shape index (κ2) is 6.23. The zero-order valence-corrected chi connectivity index (χ0v) is 12.2. The predicted octanol–water partition coefficient (Wildman–Crippen LogP) is 3.55. The summed E-state index contributed by atoms with van der Waals surface area (Å²) in [7, 11) is 2.07. The van der Waals surface area contributed by atoms with E-state index in [0.717, 1.165) is 12.8 Å². The maximum absolute atomic E-state index is 3.47. The largest absolute Gasteiger partial charge is 0.316 e. The molecule has 0 aliphatic heterocycles. The van der Waals surface area contributed by atoms with Crippen molar-refractivity contribution in [3.63, 3.8) is 0 Å². The van der Waals surface area contributed by atoms with Crippen molar-refractivity contribution in [2.45, 2.75) is 38.1 Å². The normalized spacial score (nSPS) is 15.1. The van der Waals surface area contributed by atoms with Gasteiger partial charge in [-0.25, -0.2) is 0 Å². The quantitative estimate of drug-likeness (QED) is 0.872. The van der Waals surface area contributed by atoms with Gasteiger partial charge < -0.3 is 5.32 Å². The van der Waals surface area contributed by atoms with Crippen molar-refractivity contribution in [3.8, 4) is 0 Å². The Morgan fingerprint density at radius 3 is 2.45 bits per heavy atom. The third-order valence-electron chi connectivity index (χ3n) is 4.38. The molecule has 1 N–H and O–H groups in total. The summed E-state index contributed by atoms with van der Waals surface area (Å²) in [6.07, 6.45) is 6.08. The maximum atomic E-state index is 3.47. The summed E-state index contributed by atoms with van der Waals surface area (Å²) in [6.45, 7) is 0. The van der Waals surface area contributed by atoms with E-state index < -0.39 is 0 Å². The molecule has 1 atom stereocenters. The lowest BCUT2D eigenvalue weighted by atomic mass is 9.97. The van der Waals surface area contributed by atoms with Crippen LogP contribution in [0.25, 0.3) is 0 Å². The molecule has 104 valence electrons.